The molecule has 0 atom stereocenters. The van der Waals surface area contributed by atoms with Gasteiger partial charge in [-0.3, -0.25) is 4.79 Å². The molecule has 1 aliphatic heterocycles. The van der Waals surface area contributed by atoms with Crippen molar-refractivity contribution in [2.24, 2.45) is 0 Å². The number of rotatable bonds is 0. The summed E-state index contributed by atoms with van der Waals surface area (Å²) in [5, 5.41) is 0.569. The number of carbonyl (C=O) groups is 1. The number of nitrogens with zero attached hydrogens (tertiary/aromatic N) is 1. The number of amides is 1. The summed E-state index contributed by atoms with van der Waals surface area (Å²) in [6.45, 7) is 2.92. The van der Waals surface area contributed by atoms with Gasteiger partial charge in [-0.15, -0.1) is 0 Å². The molecule has 0 radical (unpaired) electrons. The largest absolute Gasteiger partial charge is 0.397 e. The van der Waals surface area contributed by atoms with Crippen LogP contribution in [-0.4, -0.2) is 17.4 Å². The molecule has 0 aliphatic carbocycles. The average molecular weight is 225 g/mol. The van der Waals surface area contributed by atoms with Gasteiger partial charge in [-0.2, -0.15) is 0 Å². The van der Waals surface area contributed by atoms with Crippen LogP contribution in [0.25, 0.3) is 0 Å². The number of hydrogen-bond acceptors (Lipinski definition) is 2. The Kier molecular flexibility index (Phi) is 2.57. The van der Waals surface area contributed by atoms with Crippen molar-refractivity contribution in [1.82, 2.24) is 4.90 Å². The number of anilines is 1. The minimum absolute atomic E-state index is 0.0834. The summed E-state index contributed by atoms with van der Waals surface area (Å²) < 4.78 is 0. The quantitative estimate of drug-likeness (QED) is 0.684. The van der Waals surface area contributed by atoms with Crippen LogP contribution in [0.5, 0.6) is 0 Å². The molecule has 1 amide bonds. The van der Waals surface area contributed by atoms with Crippen molar-refractivity contribution in [2.75, 3.05) is 12.3 Å². The molecule has 0 saturated heterocycles. The smallest absolute Gasteiger partial charge is 0.219 e. The third-order valence-corrected chi connectivity index (χ3v) is 3.18. The number of nitrogen functional groups attached to an aromatic ring is 1. The Morgan fingerprint density at radius 2 is 2.27 bits per heavy atom. The summed E-state index contributed by atoms with van der Waals surface area (Å²) in [5.74, 6) is 0.0834. The van der Waals surface area contributed by atoms with E-state index >= 15 is 0 Å². The minimum Gasteiger partial charge on any atom is -0.397 e. The van der Waals surface area contributed by atoms with E-state index in [1.807, 2.05) is 12.1 Å². The summed E-state index contributed by atoms with van der Waals surface area (Å²) in [5.41, 5.74) is 8.71. The molecule has 1 aliphatic rings. The number of fused-ring (bicyclic) bond motifs is 1. The second kappa shape index (κ2) is 3.74. The van der Waals surface area contributed by atoms with E-state index in [4.69, 9.17) is 17.3 Å². The second-order valence-electron chi connectivity index (χ2n) is 3.79. The van der Waals surface area contributed by atoms with Crippen molar-refractivity contribution in [3.63, 3.8) is 0 Å². The number of benzene rings is 1. The van der Waals surface area contributed by atoms with Crippen LogP contribution in [0.15, 0.2) is 12.1 Å². The molecule has 4 heteroatoms. The van der Waals surface area contributed by atoms with Gasteiger partial charge >= 0.3 is 0 Å². The molecule has 0 saturated carbocycles. The fourth-order valence-corrected chi connectivity index (χ4v) is 2.07. The van der Waals surface area contributed by atoms with Crippen LogP contribution in [-0.2, 0) is 17.8 Å². The number of carbonyl (C=O) groups excluding carboxylic acids is 1. The second-order valence-corrected chi connectivity index (χ2v) is 4.20. The molecule has 0 spiro atoms. The maximum atomic E-state index is 11.3. The monoisotopic (exact) mass is 224 g/mol. The topological polar surface area (TPSA) is 46.3 Å². The highest BCUT2D eigenvalue weighted by Gasteiger charge is 2.20. The van der Waals surface area contributed by atoms with Gasteiger partial charge in [-0.25, -0.2) is 0 Å². The van der Waals surface area contributed by atoms with Gasteiger partial charge in [0.15, 0.2) is 0 Å². The van der Waals surface area contributed by atoms with Crippen molar-refractivity contribution in [3.8, 4) is 0 Å². The predicted octanol–water partition coefficient (Wildman–Crippen LogP) is 1.83. The van der Waals surface area contributed by atoms with Gasteiger partial charge in [0.05, 0.1) is 10.7 Å². The van der Waals surface area contributed by atoms with Crippen LogP contribution in [0, 0.1) is 0 Å². The van der Waals surface area contributed by atoms with E-state index in [1.54, 1.807) is 11.8 Å². The van der Waals surface area contributed by atoms with Crippen LogP contribution < -0.4 is 5.73 Å². The van der Waals surface area contributed by atoms with Crippen LogP contribution in [0.2, 0.25) is 5.02 Å². The number of hydrogen-bond donors (Lipinski definition) is 1. The van der Waals surface area contributed by atoms with Gasteiger partial charge in [0.25, 0.3) is 0 Å². The van der Waals surface area contributed by atoms with Crippen molar-refractivity contribution >= 4 is 23.2 Å². The summed E-state index contributed by atoms with van der Waals surface area (Å²) in [6, 6.07) is 3.81. The molecule has 3 nitrogen and oxygen atoms in total. The zero-order chi connectivity index (χ0) is 11.0. The van der Waals surface area contributed by atoms with Gasteiger partial charge in [-0.05, 0) is 23.6 Å². The molecule has 2 rings (SSSR count). The molecule has 2 N–H and O–H groups in total. The van der Waals surface area contributed by atoms with Crippen LogP contribution in [0.4, 0.5) is 5.69 Å². The molecule has 1 aromatic carbocycles. The fourth-order valence-electron chi connectivity index (χ4n) is 1.90. The lowest BCUT2D eigenvalue weighted by Gasteiger charge is -2.29. The Morgan fingerprint density at radius 3 is 2.93 bits per heavy atom. The summed E-state index contributed by atoms with van der Waals surface area (Å²) >= 11 is 5.94. The molecule has 0 bridgehead atoms. The molecule has 1 heterocycles. The molecule has 0 fully saturated rings. The number of nitrogens with two attached hydrogens (primary N) is 1. The van der Waals surface area contributed by atoms with Crippen molar-refractivity contribution in [1.29, 1.82) is 0 Å². The first kappa shape index (κ1) is 10.3. The van der Waals surface area contributed by atoms with Gasteiger partial charge in [0.1, 0.15) is 0 Å². The van der Waals surface area contributed by atoms with E-state index in [9.17, 15) is 4.79 Å². The highest BCUT2D eigenvalue weighted by molar-refractivity contribution is 6.33. The van der Waals surface area contributed by atoms with E-state index in [0.29, 0.717) is 17.3 Å². The maximum Gasteiger partial charge on any atom is 0.219 e. The van der Waals surface area contributed by atoms with Gasteiger partial charge in [0, 0.05) is 20.0 Å². The van der Waals surface area contributed by atoms with Gasteiger partial charge < -0.3 is 10.6 Å². The van der Waals surface area contributed by atoms with Crippen LogP contribution >= 0.6 is 11.6 Å². The molecule has 15 heavy (non-hydrogen) atoms. The molecular weight excluding hydrogens is 212 g/mol. The molecule has 0 unspecified atom stereocenters. The lowest BCUT2D eigenvalue weighted by Crippen LogP contribution is -2.34. The normalized spacial score (nSPS) is 14.9. The first-order valence-electron chi connectivity index (χ1n) is 4.91. The summed E-state index contributed by atoms with van der Waals surface area (Å²) in [7, 11) is 0. The third-order valence-electron chi connectivity index (χ3n) is 2.85. The predicted molar refractivity (Wildman–Crippen MR) is 60.7 cm³/mol. The van der Waals surface area contributed by atoms with E-state index < -0.39 is 0 Å². The van der Waals surface area contributed by atoms with Crippen LogP contribution in [0.3, 0.4) is 0 Å². The zero-order valence-electron chi connectivity index (χ0n) is 8.59. The molecule has 1 aromatic rings. The lowest BCUT2D eigenvalue weighted by atomic mass is 9.98. The first-order chi connectivity index (χ1) is 7.09. The standard InChI is InChI=1S/C11H13ClN2O/c1-7(15)14-5-4-8-2-3-10(12)11(13)9(8)6-14/h2-3H,4-6,13H2,1H3. The lowest BCUT2D eigenvalue weighted by molar-refractivity contribution is -0.129. The van der Waals surface area contributed by atoms with E-state index in [2.05, 4.69) is 0 Å². The van der Waals surface area contributed by atoms with Gasteiger partial charge in [-0.1, -0.05) is 17.7 Å². The Bertz CT molecular complexity index is 417. The summed E-state index contributed by atoms with van der Waals surface area (Å²) in [4.78, 5) is 13.0. The Morgan fingerprint density at radius 1 is 1.53 bits per heavy atom. The van der Waals surface area contributed by atoms with Crippen molar-refractivity contribution < 1.29 is 4.79 Å². The highest BCUT2D eigenvalue weighted by Crippen LogP contribution is 2.30. The molecule has 80 valence electrons. The highest BCUT2D eigenvalue weighted by atomic mass is 35.5. The third kappa shape index (κ3) is 1.79. The first-order valence-corrected chi connectivity index (χ1v) is 5.28. The fraction of sp³-hybridized carbons (Fsp3) is 0.364. The minimum atomic E-state index is 0.0834. The molecular formula is C11H13ClN2O. The van der Waals surface area contributed by atoms with Crippen molar-refractivity contribution in [3.05, 3.63) is 28.3 Å². The van der Waals surface area contributed by atoms with E-state index in [1.165, 1.54) is 5.56 Å². The SMILES string of the molecule is CC(=O)N1CCc2ccc(Cl)c(N)c2C1. The average Bonchev–Trinajstić information content (AvgIpc) is 2.23. The van der Waals surface area contributed by atoms with E-state index in [0.717, 1.165) is 18.5 Å². The zero-order valence-corrected chi connectivity index (χ0v) is 9.34. The van der Waals surface area contributed by atoms with E-state index in [-0.39, 0.29) is 5.91 Å². The Labute approximate surface area is 93.8 Å². The molecule has 0 aromatic heterocycles. The van der Waals surface area contributed by atoms with Crippen LogP contribution in [0.1, 0.15) is 18.1 Å². The maximum absolute atomic E-state index is 11.3. The van der Waals surface area contributed by atoms with Crippen molar-refractivity contribution in [2.45, 2.75) is 19.9 Å². The van der Waals surface area contributed by atoms with Gasteiger partial charge in [0.2, 0.25) is 5.91 Å². The summed E-state index contributed by atoms with van der Waals surface area (Å²) in [6.07, 6.45) is 0.857. The number of halogens is 1. The Balaban J connectivity index is 2.39. The Hall–Kier alpha value is -1.22.